The van der Waals surface area contributed by atoms with Crippen molar-refractivity contribution in [3.63, 3.8) is 0 Å². The Morgan fingerprint density at radius 3 is 2.46 bits per heavy atom. The normalized spacial score (nSPS) is 14.5. The molecule has 2 N–H and O–H groups in total. The van der Waals surface area contributed by atoms with E-state index in [4.69, 9.17) is 5.73 Å². The largest absolute Gasteiger partial charge is 0.395 e. The summed E-state index contributed by atoms with van der Waals surface area (Å²) in [6.45, 7) is 1.65. The second kappa shape index (κ2) is 3.59. The topological polar surface area (TPSA) is 51.8 Å². The second-order valence-corrected chi connectivity index (χ2v) is 3.71. The van der Waals surface area contributed by atoms with Crippen LogP contribution in [-0.2, 0) is 6.42 Å². The first-order chi connectivity index (χ1) is 5.88. The van der Waals surface area contributed by atoms with Crippen LogP contribution in [0.4, 0.5) is 13.2 Å². The van der Waals surface area contributed by atoms with Crippen LogP contribution in [0.25, 0.3) is 0 Å². The first-order valence-electron chi connectivity index (χ1n) is 3.53. The fraction of sp³-hybridized carbons (Fsp3) is 0.667. The van der Waals surface area contributed by atoms with Crippen molar-refractivity contribution in [2.24, 2.45) is 5.73 Å². The predicted octanol–water partition coefficient (Wildman–Crippen LogP) is 1.66. The molecule has 0 aliphatic heterocycles. The van der Waals surface area contributed by atoms with Crippen LogP contribution in [0.5, 0.6) is 0 Å². The number of hydrogen-bond donors (Lipinski definition) is 1. The minimum atomic E-state index is -4.23. The van der Waals surface area contributed by atoms with E-state index in [9.17, 15) is 13.2 Å². The van der Waals surface area contributed by atoms with Gasteiger partial charge in [-0.25, -0.2) is 0 Å². The second-order valence-electron chi connectivity index (χ2n) is 2.61. The Kier molecular flexibility index (Phi) is 2.87. The standard InChI is InChI=1S/C6H8F3N3S/c1-3(10)5-12-11-4(13-5)2-6(7,8)9/h3H,2,10H2,1H3. The molecule has 1 aromatic heterocycles. The van der Waals surface area contributed by atoms with Gasteiger partial charge in [0.2, 0.25) is 0 Å². The zero-order valence-electron chi connectivity index (χ0n) is 6.80. The van der Waals surface area contributed by atoms with Gasteiger partial charge in [-0.2, -0.15) is 13.2 Å². The molecule has 0 aliphatic carbocycles. The summed E-state index contributed by atoms with van der Waals surface area (Å²) in [5.41, 5.74) is 5.42. The molecule has 0 saturated carbocycles. The average molecular weight is 211 g/mol. The van der Waals surface area contributed by atoms with Gasteiger partial charge < -0.3 is 5.73 Å². The molecule has 1 unspecified atom stereocenters. The third kappa shape index (κ3) is 3.27. The summed E-state index contributed by atoms with van der Waals surface area (Å²) in [5, 5.41) is 7.32. The Morgan fingerprint density at radius 2 is 2.08 bits per heavy atom. The van der Waals surface area contributed by atoms with Crippen molar-refractivity contribution in [3.8, 4) is 0 Å². The quantitative estimate of drug-likeness (QED) is 0.809. The lowest BCUT2D eigenvalue weighted by atomic mass is 10.4. The number of nitrogens with two attached hydrogens (primary N) is 1. The van der Waals surface area contributed by atoms with E-state index in [-0.39, 0.29) is 11.0 Å². The highest BCUT2D eigenvalue weighted by Crippen LogP contribution is 2.24. The lowest BCUT2D eigenvalue weighted by Crippen LogP contribution is -2.11. The van der Waals surface area contributed by atoms with Crippen LogP contribution in [0.1, 0.15) is 23.0 Å². The highest BCUT2D eigenvalue weighted by atomic mass is 32.1. The van der Waals surface area contributed by atoms with Gasteiger partial charge in [0.05, 0.1) is 12.5 Å². The fourth-order valence-corrected chi connectivity index (χ4v) is 1.52. The van der Waals surface area contributed by atoms with E-state index in [2.05, 4.69) is 10.2 Å². The zero-order valence-corrected chi connectivity index (χ0v) is 7.61. The van der Waals surface area contributed by atoms with Gasteiger partial charge in [-0.1, -0.05) is 11.3 Å². The lowest BCUT2D eigenvalue weighted by Gasteiger charge is -2.00. The molecule has 1 heterocycles. The summed E-state index contributed by atoms with van der Waals surface area (Å²) in [7, 11) is 0. The summed E-state index contributed by atoms with van der Waals surface area (Å²) in [4.78, 5) is 0. The van der Waals surface area contributed by atoms with Crippen LogP contribution in [0.3, 0.4) is 0 Å². The Balaban J connectivity index is 2.70. The number of halogens is 3. The molecule has 74 valence electrons. The maximum absolute atomic E-state index is 11.9. The first-order valence-corrected chi connectivity index (χ1v) is 4.35. The van der Waals surface area contributed by atoms with E-state index in [1.165, 1.54) is 0 Å². The van der Waals surface area contributed by atoms with E-state index in [1.807, 2.05) is 0 Å². The highest BCUT2D eigenvalue weighted by molar-refractivity contribution is 7.11. The van der Waals surface area contributed by atoms with Gasteiger partial charge in [-0.3, -0.25) is 0 Å². The van der Waals surface area contributed by atoms with Crippen LogP contribution < -0.4 is 5.73 Å². The van der Waals surface area contributed by atoms with Crippen molar-refractivity contribution < 1.29 is 13.2 Å². The van der Waals surface area contributed by atoms with Gasteiger partial charge in [0.1, 0.15) is 10.0 Å². The summed E-state index contributed by atoms with van der Waals surface area (Å²) in [6, 6.07) is -0.362. The fourth-order valence-electron chi connectivity index (χ4n) is 0.694. The van der Waals surface area contributed by atoms with Crippen molar-refractivity contribution in [2.45, 2.75) is 25.6 Å². The van der Waals surface area contributed by atoms with E-state index in [0.717, 1.165) is 11.3 Å². The average Bonchev–Trinajstić information content (AvgIpc) is 2.31. The molecule has 0 fully saturated rings. The van der Waals surface area contributed by atoms with Crippen LogP contribution in [0.15, 0.2) is 0 Å². The maximum atomic E-state index is 11.9. The van der Waals surface area contributed by atoms with Gasteiger partial charge in [0.25, 0.3) is 0 Å². The molecule has 0 aliphatic rings. The third-order valence-corrected chi connectivity index (χ3v) is 2.35. The lowest BCUT2D eigenvalue weighted by molar-refractivity contribution is -0.127. The molecule has 1 aromatic rings. The van der Waals surface area contributed by atoms with Gasteiger partial charge >= 0.3 is 6.18 Å². The Morgan fingerprint density at radius 1 is 1.46 bits per heavy atom. The molecule has 7 heteroatoms. The van der Waals surface area contributed by atoms with Gasteiger partial charge in [-0.15, -0.1) is 10.2 Å². The van der Waals surface area contributed by atoms with Gasteiger partial charge in [0.15, 0.2) is 0 Å². The summed E-state index contributed by atoms with van der Waals surface area (Å²) < 4.78 is 35.6. The van der Waals surface area contributed by atoms with E-state index in [1.54, 1.807) is 6.92 Å². The number of rotatable bonds is 2. The Hall–Kier alpha value is -0.690. The molecule has 0 aromatic carbocycles. The van der Waals surface area contributed by atoms with Crippen molar-refractivity contribution in [1.29, 1.82) is 0 Å². The monoisotopic (exact) mass is 211 g/mol. The molecule has 1 rings (SSSR count). The SMILES string of the molecule is CC(N)c1nnc(CC(F)(F)F)s1. The molecule has 13 heavy (non-hydrogen) atoms. The molecule has 0 spiro atoms. The van der Waals surface area contributed by atoms with Crippen molar-refractivity contribution in [1.82, 2.24) is 10.2 Å². The minimum absolute atomic E-state index is 0.0419. The Bertz CT molecular complexity index is 281. The number of aromatic nitrogens is 2. The number of hydrogen-bond acceptors (Lipinski definition) is 4. The molecule has 0 amide bonds. The van der Waals surface area contributed by atoms with Crippen LogP contribution >= 0.6 is 11.3 Å². The molecule has 0 saturated heterocycles. The van der Waals surface area contributed by atoms with Crippen molar-refractivity contribution >= 4 is 11.3 Å². The van der Waals surface area contributed by atoms with E-state index in [0.29, 0.717) is 5.01 Å². The predicted molar refractivity (Wildman–Crippen MR) is 42.3 cm³/mol. The summed E-state index contributed by atoms with van der Waals surface area (Å²) in [5.74, 6) is 0. The van der Waals surface area contributed by atoms with Crippen LogP contribution in [0, 0.1) is 0 Å². The smallest absolute Gasteiger partial charge is 0.322 e. The minimum Gasteiger partial charge on any atom is -0.322 e. The molecule has 3 nitrogen and oxygen atoms in total. The molecule has 0 radical (unpaired) electrons. The maximum Gasteiger partial charge on any atom is 0.395 e. The van der Waals surface area contributed by atoms with E-state index < -0.39 is 12.6 Å². The molecule has 0 bridgehead atoms. The third-order valence-electron chi connectivity index (χ3n) is 1.22. The molecular formula is C6H8F3N3S. The summed E-state index contributed by atoms with van der Waals surface area (Å²) >= 11 is 0.901. The number of nitrogens with zero attached hydrogens (tertiary/aromatic N) is 2. The molecule has 1 atom stereocenters. The van der Waals surface area contributed by atoms with E-state index >= 15 is 0 Å². The van der Waals surface area contributed by atoms with Gasteiger partial charge in [0, 0.05) is 0 Å². The molecular weight excluding hydrogens is 203 g/mol. The van der Waals surface area contributed by atoms with Gasteiger partial charge in [-0.05, 0) is 6.92 Å². The Labute approximate surface area is 76.8 Å². The highest BCUT2D eigenvalue weighted by Gasteiger charge is 2.29. The summed E-state index contributed by atoms with van der Waals surface area (Å²) in [6.07, 6.45) is -5.26. The van der Waals surface area contributed by atoms with Crippen molar-refractivity contribution in [2.75, 3.05) is 0 Å². The number of alkyl halides is 3. The van der Waals surface area contributed by atoms with Crippen LogP contribution in [0.2, 0.25) is 0 Å². The van der Waals surface area contributed by atoms with Crippen molar-refractivity contribution in [3.05, 3.63) is 10.0 Å². The first kappa shape index (κ1) is 10.4. The zero-order chi connectivity index (χ0) is 10.1. The van der Waals surface area contributed by atoms with Crippen LogP contribution in [-0.4, -0.2) is 16.4 Å².